The summed E-state index contributed by atoms with van der Waals surface area (Å²) in [6.07, 6.45) is 0. The van der Waals surface area contributed by atoms with E-state index in [1.165, 1.54) is 6.07 Å². The Bertz CT molecular complexity index is 737. The van der Waals surface area contributed by atoms with Crippen LogP contribution >= 0.6 is 23.2 Å². The maximum Gasteiger partial charge on any atom is 0.228 e. The average Bonchev–Trinajstić information content (AvgIpc) is 2.71. The quantitative estimate of drug-likeness (QED) is 0.713. The molecule has 0 saturated carbocycles. The molecule has 5 heteroatoms. The lowest BCUT2D eigenvalue weighted by Crippen LogP contribution is -1.79. The molecular formula is C13H7Cl2NO2. The third kappa shape index (κ3) is 1.92. The fourth-order valence-electron chi connectivity index (χ4n) is 1.69. The molecule has 1 aromatic heterocycles. The molecule has 2 aromatic carbocycles. The number of nitrogens with zero attached hydrogens (tertiary/aromatic N) is 1. The van der Waals surface area contributed by atoms with Crippen molar-refractivity contribution in [2.75, 3.05) is 0 Å². The van der Waals surface area contributed by atoms with Gasteiger partial charge < -0.3 is 9.52 Å². The highest BCUT2D eigenvalue weighted by molar-refractivity contribution is 6.36. The lowest BCUT2D eigenvalue weighted by Gasteiger charge is -1.98. The van der Waals surface area contributed by atoms with Gasteiger partial charge in [0.1, 0.15) is 11.3 Å². The molecule has 1 N–H and O–H groups in total. The van der Waals surface area contributed by atoms with Crippen molar-refractivity contribution in [2.24, 2.45) is 0 Å². The fraction of sp³-hybridized carbons (Fsp3) is 0. The minimum Gasteiger partial charge on any atom is -0.508 e. The monoisotopic (exact) mass is 279 g/mol. The molecule has 18 heavy (non-hydrogen) atoms. The lowest BCUT2D eigenvalue weighted by atomic mass is 10.2. The fourth-order valence-corrected chi connectivity index (χ4v) is 2.18. The standard InChI is InChI=1S/C13H7Cl2NO2/c14-7-1-3-9(10(15)5-7)13-16-11-6-8(17)2-4-12(11)18-13/h1-6,17H. The first kappa shape index (κ1) is 11.4. The minimum absolute atomic E-state index is 0.143. The zero-order valence-corrected chi connectivity index (χ0v) is 10.5. The van der Waals surface area contributed by atoms with Gasteiger partial charge in [0, 0.05) is 11.1 Å². The van der Waals surface area contributed by atoms with Crippen molar-refractivity contribution in [3.63, 3.8) is 0 Å². The summed E-state index contributed by atoms with van der Waals surface area (Å²) >= 11 is 11.9. The Labute approximate surface area is 113 Å². The van der Waals surface area contributed by atoms with E-state index in [2.05, 4.69) is 4.98 Å². The van der Waals surface area contributed by atoms with Gasteiger partial charge in [-0.25, -0.2) is 4.98 Å². The van der Waals surface area contributed by atoms with E-state index in [0.717, 1.165) is 0 Å². The molecule has 0 radical (unpaired) electrons. The van der Waals surface area contributed by atoms with Gasteiger partial charge >= 0.3 is 0 Å². The van der Waals surface area contributed by atoms with Crippen molar-refractivity contribution < 1.29 is 9.52 Å². The predicted molar refractivity (Wildman–Crippen MR) is 71.1 cm³/mol. The Balaban J connectivity index is 2.19. The van der Waals surface area contributed by atoms with Crippen molar-refractivity contribution in [1.29, 1.82) is 0 Å². The normalized spacial score (nSPS) is 11.0. The van der Waals surface area contributed by atoms with Gasteiger partial charge in [0.05, 0.1) is 10.6 Å². The molecule has 0 atom stereocenters. The Kier molecular flexibility index (Phi) is 2.65. The summed E-state index contributed by atoms with van der Waals surface area (Å²) in [7, 11) is 0. The van der Waals surface area contributed by atoms with E-state index in [9.17, 15) is 5.11 Å². The molecule has 0 aliphatic heterocycles. The summed E-state index contributed by atoms with van der Waals surface area (Å²) in [5.41, 5.74) is 1.83. The number of aromatic hydroxyl groups is 1. The van der Waals surface area contributed by atoms with Gasteiger partial charge in [0.2, 0.25) is 5.89 Å². The van der Waals surface area contributed by atoms with Crippen molar-refractivity contribution >= 4 is 34.3 Å². The molecule has 0 spiro atoms. The molecule has 0 amide bonds. The first-order valence-corrected chi connectivity index (χ1v) is 5.94. The molecule has 1 heterocycles. The summed E-state index contributed by atoms with van der Waals surface area (Å²) in [4.78, 5) is 4.28. The number of halogens is 2. The molecule has 3 rings (SSSR count). The smallest absolute Gasteiger partial charge is 0.228 e. The number of oxazole rings is 1. The van der Waals surface area contributed by atoms with E-state index in [4.69, 9.17) is 27.6 Å². The predicted octanol–water partition coefficient (Wildman–Crippen LogP) is 4.51. The number of rotatable bonds is 1. The van der Waals surface area contributed by atoms with Gasteiger partial charge in [0.15, 0.2) is 5.58 Å². The number of phenolic OH excluding ortho intramolecular Hbond substituents is 1. The Morgan fingerprint density at radius 3 is 2.67 bits per heavy atom. The van der Waals surface area contributed by atoms with E-state index < -0.39 is 0 Å². The van der Waals surface area contributed by atoms with Gasteiger partial charge in [-0.3, -0.25) is 0 Å². The maximum atomic E-state index is 9.38. The number of fused-ring (bicyclic) bond motifs is 1. The number of aromatic nitrogens is 1. The van der Waals surface area contributed by atoms with E-state index in [1.54, 1.807) is 30.3 Å². The van der Waals surface area contributed by atoms with E-state index in [-0.39, 0.29) is 5.75 Å². The van der Waals surface area contributed by atoms with Crippen molar-refractivity contribution in [2.45, 2.75) is 0 Å². The Morgan fingerprint density at radius 2 is 1.89 bits per heavy atom. The lowest BCUT2D eigenvalue weighted by molar-refractivity contribution is 0.476. The topological polar surface area (TPSA) is 46.3 Å². The molecule has 0 bridgehead atoms. The summed E-state index contributed by atoms with van der Waals surface area (Å²) in [6.45, 7) is 0. The highest BCUT2D eigenvalue weighted by Gasteiger charge is 2.12. The van der Waals surface area contributed by atoms with Crippen LogP contribution in [0.1, 0.15) is 0 Å². The van der Waals surface area contributed by atoms with Gasteiger partial charge in [0.25, 0.3) is 0 Å². The second-order valence-corrected chi connectivity index (χ2v) is 4.64. The van der Waals surface area contributed by atoms with Crippen LogP contribution in [-0.4, -0.2) is 10.1 Å². The number of hydrogen-bond donors (Lipinski definition) is 1. The van der Waals surface area contributed by atoms with Crippen LogP contribution in [0.3, 0.4) is 0 Å². The molecule has 0 saturated heterocycles. The molecule has 3 aromatic rings. The van der Waals surface area contributed by atoms with Gasteiger partial charge in [-0.15, -0.1) is 0 Å². The van der Waals surface area contributed by atoms with Crippen molar-refractivity contribution in [3.8, 4) is 17.2 Å². The van der Waals surface area contributed by atoms with E-state index >= 15 is 0 Å². The average molecular weight is 280 g/mol. The SMILES string of the molecule is Oc1ccc2oc(-c3ccc(Cl)cc3Cl)nc2c1. The third-order valence-electron chi connectivity index (χ3n) is 2.53. The molecule has 0 unspecified atom stereocenters. The third-order valence-corrected chi connectivity index (χ3v) is 3.08. The van der Waals surface area contributed by atoms with Crippen LogP contribution in [0.25, 0.3) is 22.6 Å². The first-order valence-electron chi connectivity index (χ1n) is 5.18. The van der Waals surface area contributed by atoms with Gasteiger partial charge in [-0.2, -0.15) is 0 Å². The van der Waals surface area contributed by atoms with Gasteiger partial charge in [-0.05, 0) is 30.3 Å². The highest BCUT2D eigenvalue weighted by atomic mass is 35.5. The molecule has 3 nitrogen and oxygen atoms in total. The zero-order chi connectivity index (χ0) is 12.7. The van der Waals surface area contributed by atoms with Crippen molar-refractivity contribution in [1.82, 2.24) is 4.98 Å². The van der Waals surface area contributed by atoms with E-state index in [0.29, 0.717) is 32.6 Å². The van der Waals surface area contributed by atoms with Gasteiger partial charge in [-0.1, -0.05) is 23.2 Å². The van der Waals surface area contributed by atoms with Crippen LogP contribution < -0.4 is 0 Å². The molecule has 0 aliphatic carbocycles. The van der Waals surface area contributed by atoms with Crippen LogP contribution in [0.15, 0.2) is 40.8 Å². The van der Waals surface area contributed by atoms with Crippen molar-refractivity contribution in [3.05, 3.63) is 46.4 Å². The minimum atomic E-state index is 0.143. The van der Waals surface area contributed by atoms with E-state index in [1.807, 2.05) is 0 Å². The van der Waals surface area contributed by atoms with Crippen LogP contribution in [-0.2, 0) is 0 Å². The van der Waals surface area contributed by atoms with Crippen LogP contribution in [0.4, 0.5) is 0 Å². The second kappa shape index (κ2) is 4.19. The molecular weight excluding hydrogens is 273 g/mol. The number of hydrogen-bond acceptors (Lipinski definition) is 3. The molecule has 0 fully saturated rings. The number of benzene rings is 2. The highest BCUT2D eigenvalue weighted by Crippen LogP contribution is 2.32. The Morgan fingerprint density at radius 1 is 1.06 bits per heavy atom. The summed E-state index contributed by atoms with van der Waals surface area (Å²) in [6, 6.07) is 9.83. The summed E-state index contributed by atoms with van der Waals surface area (Å²) in [5, 5.41) is 10.4. The van der Waals surface area contributed by atoms with Crippen LogP contribution in [0.2, 0.25) is 10.0 Å². The molecule has 90 valence electrons. The number of phenols is 1. The molecule has 0 aliphatic rings. The zero-order valence-electron chi connectivity index (χ0n) is 9.02. The maximum absolute atomic E-state index is 9.38. The first-order chi connectivity index (χ1) is 8.63. The Hall–Kier alpha value is -1.71. The largest absolute Gasteiger partial charge is 0.508 e. The second-order valence-electron chi connectivity index (χ2n) is 3.80. The van der Waals surface area contributed by atoms with Crippen LogP contribution in [0.5, 0.6) is 5.75 Å². The summed E-state index contributed by atoms with van der Waals surface area (Å²) < 4.78 is 5.58. The summed E-state index contributed by atoms with van der Waals surface area (Å²) in [5.74, 6) is 0.543. The van der Waals surface area contributed by atoms with Crippen LogP contribution in [0, 0.1) is 0 Å².